The number of carbonyl (C=O) groups is 1. The minimum Gasteiger partial charge on any atom is -0.451 e. The van der Waals surface area contributed by atoms with Crippen molar-refractivity contribution < 1.29 is 9.21 Å². The summed E-state index contributed by atoms with van der Waals surface area (Å²) in [4.78, 5) is 17.7. The molecule has 5 nitrogen and oxygen atoms in total. The third-order valence-electron chi connectivity index (χ3n) is 2.51. The molecule has 0 unspecified atom stereocenters. The highest BCUT2D eigenvalue weighted by Crippen LogP contribution is 2.02. The number of rotatable bonds is 2. The van der Waals surface area contributed by atoms with Gasteiger partial charge in [0.05, 0.1) is 12.1 Å². The SMILES string of the molecule is O=C(Cc1cocn1)N1CCCNCC1. The first-order valence-corrected chi connectivity index (χ1v) is 5.22. The predicted octanol–water partition coefficient (Wildman–Crippen LogP) is 0.0390. The van der Waals surface area contributed by atoms with Gasteiger partial charge in [0.1, 0.15) is 6.26 Å². The van der Waals surface area contributed by atoms with Gasteiger partial charge in [-0.1, -0.05) is 0 Å². The molecule has 0 saturated carbocycles. The Kier molecular flexibility index (Phi) is 3.34. The first-order valence-electron chi connectivity index (χ1n) is 5.22. The van der Waals surface area contributed by atoms with Crippen molar-refractivity contribution in [2.45, 2.75) is 12.8 Å². The molecule has 1 fully saturated rings. The van der Waals surface area contributed by atoms with E-state index in [1.165, 1.54) is 12.7 Å². The number of aromatic nitrogens is 1. The standard InChI is InChI=1S/C10H15N3O2/c14-10(6-9-7-15-8-12-9)13-4-1-2-11-3-5-13/h7-8,11H,1-6H2. The Labute approximate surface area is 88.5 Å². The molecule has 0 aliphatic carbocycles. The second-order valence-electron chi connectivity index (χ2n) is 3.64. The average molecular weight is 209 g/mol. The van der Waals surface area contributed by atoms with Gasteiger partial charge >= 0.3 is 0 Å². The van der Waals surface area contributed by atoms with E-state index in [-0.39, 0.29) is 5.91 Å². The van der Waals surface area contributed by atoms with E-state index in [1.807, 2.05) is 4.90 Å². The number of hydrogen-bond donors (Lipinski definition) is 1. The van der Waals surface area contributed by atoms with Crippen molar-refractivity contribution in [2.24, 2.45) is 0 Å². The summed E-state index contributed by atoms with van der Waals surface area (Å²) >= 11 is 0. The van der Waals surface area contributed by atoms with E-state index in [1.54, 1.807) is 0 Å². The molecule has 1 saturated heterocycles. The van der Waals surface area contributed by atoms with Crippen molar-refractivity contribution in [2.75, 3.05) is 26.2 Å². The molecule has 1 aromatic rings. The zero-order valence-electron chi connectivity index (χ0n) is 8.61. The van der Waals surface area contributed by atoms with Crippen LogP contribution in [0.2, 0.25) is 0 Å². The molecule has 1 N–H and O–H groups in total. The van der Waals surface area contributed by atoms with Gasteiger partial charge in [0.25, 0.3) is 0 Å². The van der Waals surface area contributed by atoms with Crippen molar-refractivity contribution in [3.63, 3.8) is 0 Å². The summed E-state index contributed by atoms with van der Waals surface area (Å²) in [7, 11) is 0. The number of nitrogens with zero attached hydrogens (tertiary/aromatic N) is 2. The summed E-state index contributed by atoms with van der Waals surface area (Å²) in [6.07, 6.45) is 4.24. The largest absolute Gasteiger partial charge is 0.451 e. The molecule has 1 aliphatic rings. The molecule has 2 heterocycles. The monoisotopic (exact) mass is 209 g/mol. The lowest BCUT2D eigenvalue weighted by atomic mass is 10.3. The average Bonchev–Trinajstić information content (AvgIpc) is 2.58. The quantitative estimate of drug-likeness (QED) is 0.747. The third-order valence-corrected chi connectivity index (χ3v) is 2.51. The Morgan fingerprint density at radius 2 is 2.47 bits per heavy atom. The predicted molar refractivity (Wildman–Crippen MR) is 54.3 cm³/mol. The van der Waals surface area contributed by atoms with E-state index >= 15 is 0 Å². The highest BCUT2D eigenvalue weighted by atomic mass is 16.3. The minimum absolute atomic E-state index is 0.132. The molecule has 1 amide bonds. The smallest absolute Gasteiger partial charge is 0.228 e. The molecule has 0 aromatic carbocycles. The maximum absolute atomic E-state index is 11.8. The summed E-state index contributed by atoms with van der Waals surface area (Å²) in [5.41, 5.74) is 0.706. The molecule has 1 aromatic heterocycles. The van der Waals surface area contributed by atoms with Crippen LogP contribution in [0.5, 0.6) is 0 Å². The van der Waals surface area contributed by atoms with Crippen LogP contribution in [0.3, 0.4) is 0 Å². The first kappa shape index (κ1) is 10.2. The lowest BCUT2D eigenvalue weighted by molar-refractivity contribution is -0.130. The zero-order valence-corrected chi connectivity index (χ0v) is 8.61. The highest BCUT2D eigenvalue weighted by Gasteiger charge is 2.16. The van der Waals surface area contributed by atoms with E-state index in [4.69, 9.17) is 4.42 Å². The van der Waals surface area contributed by atoms with Crippen LogP contribution in [0.4, 0.5) is 0 Å². The molecule has 0 spiro atoms. The van der Waals surface area contributed by atoms with E-state index in [2.05, 4.69) is 10.3 Å². The minimum atomic E-state index is 0.132. The summed E-state index contributed by atoms with van der Waals surface area (Å²) in [6.45, 7) is 3.50. The van der Waals surface area contributed by atoms with Crippen molar-refractivity contribution >= 4 is 5.91 Å². The van der Waals surface area contributed by atoms with Crippen molar-refractivity contribution in [3.8, 4) is 0 Å². The summed E-state index contributed by atoms with van der Waals surface area (Å²) in [6, 6.07) is 0. The third kappa shape index (κ3) is 2.79. The first-order chi connectivity index (χ1) is 7.36. The van der Waals surface area contributed by atoms with Crippen LogP contribution in [0.25, 0.3) is 0 Å². The Hall–Kier alpha value is -1.36. The number of nitrogens with one attached hydrogen (secondary N) is 1. The molecule has 2 rings (SSSR count). The fourth-order valence-corrected chi connectivity index (χ4v) is 1.69. The zero-order chi connectivity index (χ0) is 10.5. The van der Waals surface area contributed by atoms with Gasteiger partial charge in [-0.2, -0.15) is 0 Å². The van der Waals surface area contributed by atoms with Gasteiger partial charge in [0.2, 0.25) is 5.91 Å². The molecule has 0 bridgehead atoms. The molecule has 0 radical (unpaired) electrons. The van der Waals surface area contributed by atoms with Crippen LogP contribution in [0, 0.1) is 0 Å². The van der Waals surface area contributed by atoms with E-state index in [9.17, 15) is 4.79 Å². The number of amides is 1. The van der Waals surface area contributed by atoms with Gasteiger partial charge in [0, 0.05) is 19.6 Å². The van der Waals surface area contributed by atoms with Crippen LogP contribution in [0.1, 0.15) is 12.1 Å². The summed E-state index contributed by atoms with van der Waals surface area (Å²) in [5.74, 6) is 0.132. The summed E-state index contributed by atoms with van der Waals surface area (Å²) < 4.78 is 4.83. The molecule has 15 heavy (non-hydrogen) atoms. The van der Waals surface area contributed by atoms with Crippen LogP contribution in [-0.2, 0) is 11.2 Å². The van der Waals surface area contributed by atoms with Gasteiger partial charge in [-0.3, -0.25) is 4.79 Å². The van der Waals surface area contributed by atoms with Gasteiger partial charge < -0.3 is 14.6 Å². The van der Waals surface area contributed by atoms with E-state index < -0.39 is 0 Å². The van der Waals surface area contributed by atoms with Gasteiger partial charge in [0.15, 0.2) is 6.39 Å². The van der Waals surface area contributed by atoms with Crippen LogP contribution >= 0.6 is 0 Å². The molecular formula is C10H15N3O2. The lowest BCUT2D eigenvalue weighted by Gasteiger charge is -2.19. The molecule has 82 valence electrons. The normalized spacial score (nSPS) is 17.5. The molecule has 0 atom stereocenters. The molecule has 1 aliphatic heterocycles. The van der Waals surface area contributed by atoms with Crippen molar-refractivity contribution in [3.05, 3.63) is 18.4 Å². The Bertz CT molecular complexity index is 302. The van der Waals surface area contributed by atoms with Crippen LogP contribution in [-0.4, -0.2) is 42.0 Å². The highest BCUT2D eigenvalue weighted by molar-refractivity contribution is 5.78. The number of carbonyl (C=O) groups excluding carboxylic acids is 1. The molecule has 5 heteroatoms. The van der Waals surface area contributed by atoms with Crippen molar-refractivity contribution in [1.82, 2.24) is 15.2 Å². The number of hydrogen-bond acceptors (Lipinski definition) is 4. The van der Waals surface area contributed by atoms with Crippen molar-refractivity contribution in [1.29, 1.82) is 0 Å². The molecular weight excluding hydrogens is 194 g/mol. The second kappa shape index (κ2) is 4.93. The topological polar surface area (TPSA) is 58.4 Å². The lowest BCUT2D eigenvalue weighted by Crippen LogP contribution is -2.35. The Morgan fingerprint density at radius 1 is 1.53 bits per heavy atom. The van der Waals surface area contributed by atoms with Crippen LogP contribution in [0.15, 0.2) is 17.1 Å². The van der Waals surface area contributed by atoms with Gasteiger partial charge in [-0.05, 0) is 13.0 Å². The Morgan fingerprint density at radius 3 is 3.27 bits per heavy atom. The van der Waals surface area contributed by atoms with Gasteiger partial charge in [-0.25, -0.2) is 4.98 Å². The maximum Gasteiger partial charge on any atom is 0.228 e. The van der Waals surface area contributed by atoms with Gasteiger partial charge in [-0.15, -0.1) is 0 Å². The second-order valence-corrected chi connectivity index (χ2v) is 3.64. The summed E-state index contributed by atoms with van der Waals surface area (Å²) in [5, 5.41) is 3.26. The fourth-order valence-electron chi connectivity index (χ4n) is 1.69. The van der Waals surface area contributed by atoms with E-state index in [0.29, 0.717) is 12.1 Å². The fraction of sp³-hybridized carbons (Fsp3) is 0.600. The van der Waals surface area contributed by atoms with Crippen LogP contribution < -0.4 is 5.32 Å². The number of oxazole rings is 1. The maximum atomic E-state index is 11.8. The van der Waals surface area contributed by atoms with E-state index in [0.717, 1.165) is 32.6 Å². The Balaban J connectivity index is 1.89.